The van der Waals surface area contributed by atoms with Crippen molar-refractivity contribution in [2.75, 3.05) is 12.4 Å². The van der Waals surface area contributed by atoms with Gasteiger partial charge in [-0.15, -0.1) is 24.0 Å². The van der Waals surface area contributed by atoms with Gasteiger partial charge in [-0.25, -0.2) is 4.99 Å². The molecule has 1 unspecified atom stereocenters. The van der Waals surface area contributed by atoms with E-state index in [9.17, 15) is 0 Å². The number of aliphatic imine (C=N–C) groups is 1. The van der Waals surface area contributed by atoms with E-state index in [1.54, 1.807) is 7.11 Å². The zero-order valence-corrected chi connectivity index (χ0v) is 17.5. The fourth-order valence-electron chi connectivity index (χ4n) is 2.50. The van der Waals surface area contributed by atoms with Gasteiger partial charge in [-0.05, 0) is 41.2 Å². The highest BCUT2D eigenvalue weighted by Gasteiger charge is 2.04. The second-order valence-corrected chi connectivity index (χ2v) is 5.96. The Labute approximate surface area is 167 Å². The van der Waals surface area contributed by atoms with Crippen LogP contribution >= 0.6 is 24.0 Å². The van der Waals surface area contributed by atoms with Crippen molar-refractivity contribution in [2.24, 2.45) is 10.7 Å². The molecule has 2 rings (SSSR count). The van der Waals surface area contributed by atoms with Crippen LogP contribution in [0.2, 0.25) is 0 Å². The van der Waals surface area contributed by atoms with Crippen LogP contribution in [0.1, 0.15) is 42.9 Å². The number of benzene rings is 2. The summed E-state index contributed by atoms with van der Waals surface area (Å²) in [5.41, 5.74) is 10.6. The molecule has 0 bridgehead atoms. The molecule has 0 aromatic heterocycles. The summed E-state index contributed by atoms with van der Waals surface area (Å²) in [6.45, 7) is 5.54. The topological polar surface area (TPSA) is 59.6 Å². The molecule has 0 radical (unpaired) electrons. The molecule has 3 N–H and O–H groups in total. The first-order valence-electron chi connectivity index (χ1n) is 8.36. The average molecular weight is 453 g/mol. The summed E-state index contributed by atoms with van der Waals surface area (Å²) in [5.74, 6) is 0.987. The molecule has 25 heavy (non-hydrogen) atoms. The second-order valence-electron chi connectivity index (χ2n) is 5.96. The summed E-state index contributed by atoms with van der Waals surface area (Å²) in [6, 6.07) is 16.5. The minimum absolute atomic E-state index is 0. The molecule has 4 nitrogen and oxygen atoms in total. The molecule has 0 fully saturated rings. The van der Waals surface area contributed by atoms with E-state index in [0.717, 1.165) is 23.2 Å². The summed E-state index contributed by atoms with van der Waals surface area (Å²) >= 11 is 0. The molecule has 2 aromatic rings. The zero-order chi connectivity index (χ0) is 17.4. The first-order valence-corrected chi connectivity index (χ1v) is 8.36. The van der Waals surface area contributed by atoms with E-state index in [1.807, 2.05) is 36.4 Å². The summed E-state index contributed by atoms with van der Waals surface area (Å²) < 4.78 is 5.22. The van der Waals surface area contributed by atoms with Gasteiger partial charge in [0.25, 0.3) is 0 Å². The van der Waals surface area contributed by atoms with E-state index in [2.05, 4.69) is 36.3 Å². The van der Waals surface area contributed by atoms with Gasteiger partial charge < -0.3 is 15.8 Å². The number of rotatable bonds is 7. The number of halogens is 1. The third-order valence-corrected chi connectivity index (χ3v) is 4.20. The number of methoxy groups -OCH3 is 1. The van der Waals surface area contributed by atoms with Crippen molar-refractivity contribution < 1.29 is 4.74 Å². The van der Waals surface area contributed by atoms with Crippen molar-refractivity contribution in [3.8, 4) is 0 Å². The van der Waals surface area contributed by atoms with Crippen LogP contribution in [0.5, 0.6) is 0 Å². The Morgan fingerprint density at radius 2 is 1.76 bits per heavy atom. The lowest BCUT2D eigenvalue weighted by atomic mass is 9.99. The number of nitrogens with two attached hydrogens (primary N) is 1. The number of nitrogens with one attached hydrogen (secondary N) is 1. The fourth-order valence-corrected chi connectivity index (χ4v) is 2.50. The van der Waals surface area contributed by atoms with E-state index in [-0.39, 0.29) is 24.0 Å². The number of hydrogen-bond acceptors (Lipinski definition) is 2. The van der Waals surface area contributed by atoms with Crippen molar-refractivity contribution in [1.29, 1.82) is 0 Å². The largest absolute Gasteiger partial charge is 0.380 e. The SMILES string of the molecule is CCC(C)c1ccc(NC(N)=NCc2ccccc2COC)cc1.I. The third-order valence-electron chi connectivity index (χ3n) is 4.20. The zero-order valence-electron chi connectivity index (χ0n) is 15.2. The fraction of sp³-hybridized carbons (Fsp3) is 0.350. The highest BCUT2D eigenvalue weighted by molar-refractivity contribution is 14.0. The maximum absolute atomic E-state index is 6.01. The molecular weight excluding hydrogens is 425 g/mol. The van der Waals surface area contributed by atoms with Gasteiger partial charge in [0.1, 0.15) is 0 Å². The van der Waals surface area contributed by atoms with E-state index in [4.69, 9.17) is 10.5 Å². The van der Waals surface area contributed by atoms with Gasteiger partial charge in [0, 0.05) is 12.8 Å². The van der Waals surface area contributed by atoms with Crippen molar-refractivity contribution in [3.05, 3.63) is 65.2 Å². The highest BCUT2D eigenvalue weighted by atomic mass is 127. The van der Waals surface area contributed by atoms with Crippen LogP contribution in [0.15, 0.2) is 53.5 Å². The Morgan fingerprint density at radius 1 is 1.12 bits per heavy atom. The molecule has 0 aliphatic heterocycles. The van der Waals surface area contributed by atoms with Gasteiger partial charge in [-0.3, -0.25) is 0 Å². The number of guanidine groups is 1. The predicted octanol–water partition coefficient (Wildman–Crippen LogP) is 4.89. The summed E-state index contributed by atoms with van der Waals surface area (Å²) in [6.07, 6.45) is 1.14. The van der Waals surface area contributed by atoms with Crippen LogP contribution in [-0.2, 0) is 17.9 Å². The summed E-state index contributed by atoms with van der Waals surface area (Å²) in [5, 5.41) is 3.14. The number of nitrogens with zero attached hydrogens (tertiary/aromatic N) is 1. The Hall–Kier alpha value is -1.60. The van der Waals surface area contributed by atoms with Gasteiger partial charge in [-0.2, -0.15) is 0 Å². The van der Waals surface area contributed by atoms with Gasteiger partial charge in [0.05, 0.1) is 13.2 Å². The van der Waals surface area contributed by atoms with Crippen molar-refractivity contribution in [3.63, 3.8) is 0 Å². The van der Waals surface area contributed by atoms with Crippen molar-refractivity contribution >= 4 is 35.6 Å². The van der Waals surface area contributed by atoms with Crippen molar-refractivity contribution in [2.45, 2.75) is 39.3 Å². The molecule has 0 spiro atoms. The lowest BCUT2D eigenvalue weighted by Crippen LogP contribution is -2.22. The normalized spacial score (nSPS) is 12.4. The molecule has 0 aliphatic carbocycles. The van der Waals surface area contributed by atoms with E-state index in [1.165, 1.54) is 5.56 Å². The predicted molar refractivity (Wildman–Crippen MR) is 117 cm³/mol. The quantitative estimate of drug-likeness (QED) is 0.357. The van der Waals surface area contributed by atoms with Crippen LogP contribution < -0.4 is 11.1 Å². The minimum Gasteiger partial charge on any atom is -0.380 e. The Bertz CT molecular complexity index is 671. The first-order chi connectivity index (χ1) is 11.6. The molecule has 2 aromatic carbocycles. The van der Waals surface area contributed by atoms with Crippen LogP contribution in [0.3, 0.4) is 0 Å². The molecule has 0 aliphatic rings. The highest BCUT2D eigenvalue weighted by Crippen LogP contribution is 2.20. The Balaban J connectivity index is 0.00000312. The maximum Gasteiger partial charge on any atom is 0.193 e. The van der Waals surface area contributed by atoms with Gasteiger partial charge in [0.2, 0.25) is 0 Å². The summed E-state index contributed by atoms with van der Waals surface area (Å²) in [4.78, 5) is 4.43. The van der Waals surface area contributed by atoms with Crippen LogP contribution in [-0.4, -0.2) is 13.1 Å². The Kier molecular flexibility index (Phi) is 9.52. The standard InChI is InChI=1S/C20H27N3O.HI/c1-4-15(2)16-9-11-19(12-10-16)23-20(21)22-13-17-7-5-6-8-18(17)14-24-3;/h5-12,15H,4,13-14H2,1-3H3,(H3,21,22,23);1H. The third kappa shape index (κ3) is 6.66. The molecule has 0 saturated carbocycles. The maximum atomic E-state index is 6.01. The van der Waals surface area contributed by atoms with Gasteiger partial charge in [0.15, 0.2) is 5.96 Å². The lowest BCUT2D eigenvalue weighted by Gasteiger charge is -2.11. The second kappa shape index (κ2) is 11.1. The molecule has 1 atom stereocenters. The molecule has 0 amide bonds. The number of anilines is 1. The van der Waals surface area contributed by atoms with E-state index < -0.39 is 0 Å². The smallest absolute Gasteiger partial charge is 0.193 e. The van der Waals surface area contributed by atoms with Gasteiger partial charge in [-0.1, -0.05) is 50.2 Å². The van der Waals surface area contributed by atoms with Crippen LogP contribution in [0, 0.1) is 0 Å². The van der Waals surface area contributed by atoms with Crippen LogP contribution in [0.25, 0.3) is 0 Å². The molecule has 0 heterocycles. The van der Waals surface area contributed by atoms with E-state index >= 15 is 0 Å². The monoisotopic (exact) mass is 453 g/mol. The minimum atomic E-state index is 0. The van der Waals surface area contributed by atoms with Crippen LogP contribution in [0.4, 0.5) is 5.69 Å². The lowest BCUT2D eigenvalue weighted by molar-refractivity contribution is 0.184. The van der Waals surface area contributed by atoms with Gasteiger partial charge >= 0.3 is 0 Å². The molecular formula is C20H28IN3O. The molecule has 136 valence electrons. The Morgan fingerprint density at radius 3 is 2.36 bits per heavy atom. The number of ether oxygens (including phenoxy) is 1. The van der Waals surface area contributed by atoms with E-state index in [0.29, 0.717) is 25.0 Å². The van der Waals surface area contributed by atoms with Crippen molar-refractivity contribution in [1.82, 2.24) is 0 Å². The first kappa shape index (κ1) is 21.4. The molecule has 0 saturated heterocycles. The molecule has 5 heteroatoms. The summed E-state index contributed by atoms with van der Waals surface area (Å²) in [7, 11) is 1.69. The number of hydrogen-bond donors (Lipinski definition) is 2. The average Bonchev–Trinajstić information content (AvgIpc) is 2.61.